The lowest BCUT2D eigenvalue weighted by Gasteiger charge is -2.06. The lowest BCUT2D eigenvalue weighted by Crippen LogP contribution is -2.12. The molecule has 0 unspecified atom stereocenters. The van der Waals surface area contributed by atoms with E-state index in [0.29, 0.717) is 0 Å². The van der Waals surface area contributed by atoms with Crippen molar-refractivity contribution < 1.29 is 19.2 Å². The van der Waals surface area contributed by atoms with Crippen LogP contribution in [-0.4, -0.2) is 23.4 Å². The van der Waals surface area contributed by atoms with Crippen LogP contribution in [0.4, 0.5) is 11.4 Å². The highest BCUT2D eigenvalue weighted by atomic mass is 16.6. The number of nitro groups is 1. The van der Waals surface area contributed by atoms with Crippen molar-refractivity contribution in [1.29, 1.82) is 5.26 Å². The van der Waals surface area contributed by atoms with E-state index in [1.807, 2.05) is 0 Å². The summed E-state index contributed by atoms with van der Waals surface area (Å²) in [5, 5.41) is 21.5. The summed E-state index contributed by atoms with van der Waals surface area (Å²) in [6.45, 7) is 1.76. The van der Waals surface area contributed by atoms with Crippen LogP contribution in [0.15, 0.2) is 18.2 Å². The number of amides is 1. The Kier molecular flexibility index (Phi) is 5.17. The fraction of sp³-hybridized carbons (Fsp3) is 0.250. The van der Waals surface area contributed by atoms with Crippen molar-refractivity contribution in [1.82, 2.24) is 0 Å². The van der Waals surface area contributed by atoms with Gasteiger partial charge in [0.15, 0.2) is 0 Å². The first-order chi connectivity index (χ1) is 9.49. The second kappa shape index (κ2) is 6.84. The summed E-state index contributed by atoms with van der Waals surface area (Å²) in [5.74, 6) is -1.36. The molecule has 0 spiro atoms. The van der Waals surface area contributed by atoms with E-state index in [1.54, 1.807) is 13.0 Å². The maximum atomic E-state index is 11.5. The monoisotopic (exact) mass is 277 g/mol. The van der Waals surface area contributed by atoms with Crippen LogP contribution < -0.4 is 5.32 Å². The number of nitrogens with zero attached hydrogens (tertiary/aromatic N) is 2. The second-order valence-corrected chi connectivity index (χ2v) is 3.59. The van der Waals surface area contributed by atoms with Crippen molar-refractivity contribution in [3.8, 4) is 6.07 Å². The van der Waals surface area contributed by atoms with Crippen molar-refractivity contribution in [2.75, 3.05) is 11.9 Å². The number of anilines is 1. The first-order valence-corrected chi connectivity index (χ1v) is 5.62. The van der Waals surface area contributed by atoms with E-state index in [-0.39, 0.29) is 17.9 Å². The van der Waals surface area contributed by atoms with Crippen LogP contribution in [0.2, 0.25) is 0 Å². The molecule has 1 aromatic rings. The number of rotatable bonds is 5. The van der Waals surface area contributed by atoms with E-state index in [1.165, 1.54) is 12.1 Å². The Hall–Kier alpha value is -2.95. The van der Waals surface area contributed by atoms with Gasteiger partial charge in [-0.15, -0.1) is 0 Å². The van der Waals surface area contributed by atoms with E-state index in [9.17, 15) is 19.7 Å². The number of nitro benzene ring substituents is 1. The summed E-state index contributed by atoms with van der Waals surface area (Å²) in [5.41, 5.74) is -0.512. The van der Waals surface area contributed by atoms with E-state index in [4.69, 9.17) is 10.00 Å². The molecule has 0 aliphatic heterocycles. The van der Waals surface area contributed by atoms with Gasteiger partial charge in [0.2, 0.25) is 5.91 Å². The van der Waals surface area contributed by atoms with E-state index in [0.717, 1.165) is 6.07 Å². The molecule has 1 rings (SSSR count). The fourth-order valence-electron chi connectivity index (χ4n) is 1.40. The third kappa shape index (κ3) is 3.78. The van der Waals surface area contributed by atoms with Gasteiger partial charge in [0, 0.05) is 6.07 Å². The molecule has 0 saturated heterocycles. The summed E-state index contributed by atoms with van der Waals surface area (Å²) >= 11 is 0. The van der Waals surface area contributed by atoms with Gasteiger partial charge in [-0.25, -0.2) is 4.79 Å². The highest BCUT2D eigenvalue weighted by Gasteiger charge is 2.19. The molecule has 1 amide bonds. The van der Waals surface area contributed by atoms with Crippen LogP contribution in [0.3, 0.4) is 0 Å². The van der Waals surface area contributed by atoms with Gasteiger partial charge in [-0.1, -0.05) is 0 Å². The van der Waals surface area contributed by atoms with Crippen LogP contribution in [0.25, 0.3) is 0 Å². The minimum atomic E-state index is -0.731. The fourth-order valence-corrected chi connectivity index (χ4v) is 1.40. The number of esters is 1. The van der Waals surface area contributed by atoms with E-state index in [2.05, 4.69) is 5.32 Å². The maximum Gasteiger partial charge on any atom is 0.338 e. The average molecular weight is 277 g/mol. The normalized spacial score (nSPS) is 9.40. The van der Waals surface area contributed by atoms with Crippen molar-refractivity contribution >= 4 is 23.3 Å². The van der Waals surface area contributed by atoms with Gasteiger partial charge in [0.25, 0.3) is 5.69 Å². The largest absolute Gasteiger partial charge is 0.462 e. The number of benzene rings is 1. The Bertz CT molecular complexity index is 591. The highest BCUT2D eigenvalue weighted by Crippen LogP contribution is 2.26. The van der Waals surface area contributed by atoms with Gasteiger partial charge in [-0.05, 0) is 19.1 Å². The molecule has 0 aliphatic carbocycles. The predicted octanol–water partition coefficient (Wildman–Crippen LogP) is 1.62. The molecule has 8 heteroatoms. The molecule has 0 radical (unpaired) electrons. The lowest BCUT2D eigenvalue weighted by atomic mass is 10.1. The maximum absolute atomic E-state index is 11.5. The molecule has 0 aliphatic rings. The van der Waals surface area contributed by atoms with Crippen LogP contribution in [-0.2, 0) is 9.53 Å². The smallest absolute Gasteiger partial charge is 0.338 e. The minimum Gasteiger partial charge on any atom is -0.462 e. The topological polar surface area (TPSA) is 122 Å². The Balaban J connectivity index is 3.08. The highest BCUT2D eigenvalue weighted by molar-refractivity contribution is 5.96. The van der Waals surface area contributed by atoms with Crippen LogP contribution in [0, 0.1) is 21.4 Å². The SMILES string of the molecule is CCOC(=O)c1ccc(NC(=O)CC#N)c([N+](=O)[O-])c1. The average Bonchev–Trinajstić information content (AvgIpc) is 2.39. The third-order valence-corrected chi connectivity index (χ3v) is 2.22. The first-order valence-electron chi connectivity index (χ1n) is 5.62. The summed E-state index contributed by atoms with van der Waals surface area (Å²) in [7, 11) is 0. The van der Waals surface area contributed by atoms with Crippen LogP contribution >= 0.6 is 0 Å². The van der Waals surface area contributed by atoms with Crippen LogP contribution in [0.5, 0.6) is 0 Å². The zero-order valence-corrected chi connectivity index (χ0v) is 10.6. The van der Waals surface area contributed by atoms with Crippen molar-refractivity contribution in [2.24, 2.45) is 0 Å². The van der Waals surface area contributed by atoms with Gasteiger partial charge >= 0.3 is 5.97 Å². The van der Waals surface area contributed by atoms with Gasteiger partial charge in [-0.3, -0.25) is 14.9 Å². The molecule has 1 N–H and O–H groups in total. The second-order valence-electron chi connectivity index (χ2n) is 3.59. The molecule has 0 bridgehead atoms. The van der Waals surface area contributed by atoms with Gasteiger partial charge < -0.3 is 10.1 Å². The molecule has 0 heterocycles. The predicted molar refractivity (Wildman–Crippen MR) is 67.9 cm³/mol. The molecule has 8 nitrogen and oxygen atoms in total. The Morgan fingerprint density at radius 1 is 1.50 bits per heavy atom. The number of nitriles is 1. The summed E-state index contributed by atoms with van der Waals surface area (Å²) in [4.78, 5) is 32.9. The van der Waals surface area contributed by atoms with Crippen molar-refractivity contribution in [3.05, 3.63) is 33.9 Å². The number of ether oxygens (including phenoxy) is 1. The number of carbonyl (C=O) groups is 2. The molecule has 0 saturated carbocycles. The Morgan fingerprint density at radius 2 is 2.20 bits per heavy atom. The van der Waals surface area contributed by atoms with Crippen molar-refractivity contribution in [2.45, 2.75) is 13.3 Å². The molecule has 20 heavy (non-hydrogen) atoms. The first kappa shape index (κ1) is 15.1. The van der Waals surface area contributed by atoms with Gasteiger partial charge in [-0.2, -0.15) is 5.26 Å². The molecule has 0 atom stereocenters. The van der Waals surface area contributed by atoms with Gasteiger partial charge in [0.1, 0.15) is 12.1 Å². The summed E-state index contributed by atoms with van der Waals surface area (Å²) in [6.07, 6.45) is -0.420. The summed E-state index contributed by atoms with van der Waals surface area (Å²) in [6, 6.07) is 5.16. The number of hydrogen-bond donors (Lipinski definition) is 1. The standard InChI is InChI=1S/C12H11N3O5/c1-2-20-12(17)8-3-4-9(10(7-8)15(18)19)14-11(16)5-6-13/h3-4,7H,2,5H2,1H3,(H,14,16). The number of hydrogen-bond acceptors (Lipinski definition) is 6. The lowest BCUT2D eigenvalue weighted by molar-refractivity contribution is -0.384. The molecular weight excluding hydrogens is 266 g/mol. The van der Waals surface area contributed by atoms with Gasteiger partial charge in [0.05, 0.1) is 23.2 Å². The molecule has 0 aromatic heterocycles. The van der Waals surface area contributed by atoms with Crippen LogP contribution in [0.1, 0.15) is 23.7 Å². The zero-order valence-electron chi connectivity index (χ0n) is 10.6. The number of carbonyl (C=O) groups excluding carboxylic acids is 2. The number of nitrogens with one attached hydrogen (secondary N) is 1. The Morgan fingerprint density at radius 3 is 2.75 bits per heavy atom. The van der Waals surface area contributed by atoms with E-state index < -0.39 is 28.9 Å². The summed E-state index contributed by atoms with van der Waals surface area (Å²) < 4.78 is 4.73. The minimum absolute atomic E-state index is 0.0110. The Labute approximate surface area is 114 Å². The molecular formula is C12H11N3O5. The zero-order chi connectivity index (χ0) is 15.1. The third-order valence-electron chi connectivity index (χ3n) is 2.22. The van der Waals surface area contributed by atoms with E-state index >= 15 is 0 Å². The quantitative estimate of drug-likeness (QED) is 0.495. The van der Waals surface area contributed by atoms with Crippen molar-refractivity contribution in [3.63, 3.8) is 0 Å². The molecule has 0 fully saturated rings. The molecule has 1 aromatic carbocycles. The molecule has 104 valence electrons.